The van der Waals surface area contributed by atoms with Gasteiger partial charge in [-0.15, -0.1) is 0 Å². The Morgan fingerprint density at radius 1 is 1.11 bits per heavy atom. The van der Waals surface area contributed by atoms with Crippen molar-refractivity contribution in [3.63, 3.8) is 0 Å². The monoisotopic (exact) mass is 601 g/mol. The lowest BCUT2D eigenvalue weighted by Gasteiger charge is -2.13. The Morgan fingerprint density at radius 3 is 2.54 bits per heavy atom. The predicted molar refractivity (Wildman–Crippen MR) is 150 cm³/mol. The summed E-state index contributed by atoms with van der Waals surface area (Å²) in [6, 6.07) is 16.9. The van der Waals surface area contributed by atoms with E-state index in [0.29, 0.717) is 38.9 Å². The van der Waals surface area contributed by atoms with E-state index >= 15 is 0 Å². The number of ether oxygens (including phenoxy) is 2. The van der Waals surface area contributed by atoms with E-state index in [1.165, 1.54) is 28.8 Å². The van der Waals surface area contributed by atoms with Crippen LogP contribution in [0, 0.1) is 10.1 Å². The Morgan fingerprint density at radius 2 is 1.86 bits per heavy atom. The van der Waals surface area contributed by atoms with Gasteiger partial charge in [0.1, 0.15) is 6.61 Å². The van der Waals surface area contributed by atoms with Gasteiger partial charge in [0.2, 0.25) is 0 Å². The standard InChI is InChI=1S/C26H21BrClN3O5S/c1-3-35-23-12-17(6-11-22(23)36-15-16-4-8-19(9-5-16)31(33)34)13-24-25(32)30(2)26(37-24)29-18-7-10-20(27)21(28)14-18/h4-14H,3,15H2,1-2H3/b24-13-,29-26?. The van der Waals surface area contributed by atoms with E-state index in [1.807, 2.05) is 19.1 Å². The maximum Gasteiger partial charge on any atom is 0.269 e. The minimum atomic E-state index is -0.443. The maximum atomic E-state index is 12.9. The summed E-state index contributed by atoms with van der Waals surface area (Å²) in [7, 11) is 1.68. The highest BCUT2D eigenvalue weighted by atomic mass is 79.9. The molecular formula is C26H21BrClN3O5S. The Bertz CT molecular complexity index is 1410. The molecule has 3 aromatic carbocycles. The van der Waals surface area contributed by atoms with Crippen molar-refractivity contribution < 1.29 is 19.2 Å². The fourth-order valence-corrected chi connectivity index (χ4v) is 4.75. The molecule has 0 aromatic heterocycles. The minimum absolute atomic E-state index is 0.0231. The third-order valence-electron chi connectivity index (χ3n) is 5.24. The first-order valence-electron chi connectivity index (χ1n) is 11.1. The first kappa shape index (κ1) is 26.7. The zero-order valence-corrected chi connectivity index (χ0v) is 23.0. The first-order valence-corrected chi connectivity index (χ1v) is 13.1. The number of aliphatic imine (C=N–C) groups is 1. The summed E-state index contributed by atoms with van der Waals surface area (Å²) < 4.78 is 12.4. The topological polar surface area (TPSA) is 94.3 Å². The molecule has 37 heavy (non-hydrogen) atoms. The smallest absolute Gasteiger partial charge is 0.269 e. The molecule has 1 aliphatic heterocycles. The number of hydrogen-bond donors (Lipinski definition) is 0. The highest BCUT2D eigenvalue weighted by Crippen LogP contribution is 2.36. The lowest BCUT2D eigenvalue weighted by atomic mass is 10.1. The van der Waals surface area contributed by atoms with Crippen molar-refractivity contribution in [3.05, 3.63) is 96.3 Å². The Kier molecular flexibility index (Phi) is 8.52. The van der Waals surface area contributed by atoms with Crippen molar-refractivity contribution in [1.29, 1.82) is 0 Å². The van der Waals surface area contributed by atoms with Gasteiger partial charge in [-0.25, -0.2) is 4.99 Å². The van der Waals surface area contributed by atoms with Crippen molar-refractivity contribution in [3.8, 4) is 11.5 Å². The number of hydrogen-bond acceptors (Lipinski definition) is 7. The summed E-state index contributed by atoms with van der Waals surface area (Å²) in [4.78, 5) is 29.8. The van der Waals surface area contributed by atoms with Crippen molar-refractivity contribution in [2.24, 2.45) is 4.99 Å². The van der Waals surface area contributed by atoms with E-state index in [1.54, 1.807) is 49.5 Å². The molecule has 0 unspecified atom stereocenters. The molecule has 4 rings (SSSR count). The molecule has 0 N–H and O–H groups in total. The number of thioether (sulfide) groups is 1. The van der Waals surface area contributed by atoms with Crippen LogP contribution in [0.3, 0.4) is 0 Å². The number of carbonyl (C=O) groups is 1. The molecule has 1 aliphatic rings. The lowest BCUT2D eigenvalue weighted by Crippen LogP contribution is -2.23. The summed E-state index contributed by atoms with van der Waals surface area (Å²) in [6.07, 6.45) is 1.78. The molecule has 0 bridgehead atoms. The SMILES string of the molecule is CCOc1cc(/C=C2\SC(=Nc3ccc(Br)c(Cl)c3)N(C)C2=O)ccc1OCc1ccc([N+](=O)[O-])cc1. The summed E-state index contributed by atoms with van der Waals surface area (Å²) in [5.74, 6) is 0.892. The average molecular weight is 603 g/mol. The normalized spacial score (nSPS) is 15.5. The number of halogens is 2. The third kappa shape index (κ3) is 6.51. The van der Waals surface area contributed by atoms with Gasteiger partial charge in [0.25, 0.3) is 11.6 Å². The van der Waals surface area contributed by atoms with Gasteiger partial charge < -0.3 is 9.47 Å². The molecule has 1 saturated heterocycles. The molecule has 3 aromatic rings. The molecule has 190 valence electrons. The van der Waals surface area contributed by atoms with Crippen LogP contribution < -0.4 is 9.47 Å². The van der Waals surface area contributed by atoms with Crippen LogP contribution in [0.5, 0.6) is 11.5 Å². The molecule has 1 heterocycles. The van der Waals surface area contributed by atoms with E-state index in [-0.39, 0.29) is 18.2 Å². The minimum Gasteiger partial charge on any atom is -0.490 e. The number of non-ortho nitro benzene ring substituents is 1. The number of benzene rings is 3. The third-order valence-corrected chi connectivity index (χ3v) is 7.53. The van der Waals surface area contributed by atoms with Gasteiger partial charge >= 0.3 is 0 Å². The average Bonchev–Trinajstić information content (AvgIpc) is 3.13. The second-order valence-corrected chi connectivity index (χ2v) is 10.1. The van der Waals surface area contributed by atoms with Crippen LogP contribution >= 0.6 is 39.3 Å². The van der Waals surface area contributed by atoms with Crippen LogP contribution in [0.1, 0.15) is 18.1 Å². The summed E-state index contributed by atoms with van der Waals surface area (Å²) in [5, 5.41) is 11.9. The second kappa shape index (κ2) is 11.8. The molecule has 8 nitrogen and oxygen atoms in total. The molecule has 11 heteroatoms. The number of rotatable bonds is 8. The van der Waals surface area contributed by atoms with E-state index in [0.717, 1.165) is 15.6 Å². The van der Waals surface area contributed by atoms with E-state index in [9.17, 15) is 14.9 Å². The van der Waals surface area contributed by atoms with E-state index in [4.69, 9.17) is 21.1 Å². The van der Waals surface area contributed by atoms with Crippen LogP contribution in [-0.4, -0.2) is 34.6 Å². The van der Waals surface area contributed by atoms with Crippen molar-refractivity contribution >= 4 is 67.8 Å². The number of nitro benzene ring substituents is 1. The molecule has 1 fully saturated rings. The van der Waals surface area contributed by atoms with Crippen LogP contribution in [-0.2, 0) is 11.4 Å². The van der Waals surface area contributed by atoms with Crippen molar-refractivity contribution in [2.45, 2.75) is 13.5 Å². The molecule has 0 saturated carbocycles. The van der Waals surface area contributed by atoms with Crippen LogP contribution in [0.2, 0.25) is 5.02 Å². The first-order chi connectivity index (χ1) is 17.7. The Balaban J connectivity index is 1.52. The summed E-state index contributed by atoms with van der Waals surface area (Å²) in [6.45, 7) is 2.52. The zero-order valence-electron chi connectivity index (χ0n) is 19.8. The van der Waals surface area contributed by atoms with Crippen LogP contribution in [0.15, 0.2) is 75.0 Å². The van der Waals surface area contributed by atoms with Crippen LogP contribution in [0.4, 0.5) is 11.4 Å². The number of nitrogens with zero attached hydrogens (tertiary/aromatic N) is 3. The number of carbonyl (C=O) groups excluding carboxylic acids is 1. The fraction of sp³-hybridized carbons (Fsp3) is 0.154. The molecular weight excluding hydrogens is 582 g/mol. The van der Waals surface area contributed by atoms with Crippen molar-refractivity contribution in [2.75, 3.05) is 13.7 Å². The van der Waals surface area contributed by atoms with Crippen molar-refractivity contribution in [1.82, 2.24) is 4.90 Å². The van der Waals surface area contributed by atoms with Gasteiger partial charge in [0, 0.05) is 23.7 Å². The summed E-state index contributed by atoms with van der Waals surface area (Å²) >= 11 is 10.8. The van der Waals surface area contributed by atoms with Gasteiger partial charge in [0.15, 0.2) is 16.7 Å². The number of amidine groups is 1. The van der Waals surface area contributed by atoms with Gasteiger partial charge in [-0.3, -0.25) is 19.8 Å². The Labute approximate surface area is 231 Å². The largest absolute Gasteiger partial charge is 0.490 e. The quantitative estimate of drug-likeness (QED) is 0.153. The highest BCUT2D eigenvalue weighted by molar-refractivity contribution is 9.10. The number of likely N-dealkylation sites (N-methyl/N-ethyl adjacent to an activating group) is 1. The summed E-state index contributed by atoms with van der Waals surface area (Å²) in [5.41, 5.74) is 2.22. The van der Waals surface area contributed by atoms with Gasteiger partial charge in [-0.05, 0) is 94.3 Å². The van der Waals surface area contributed by atoms with Gasteiger partial charge in [-0.2, -0.15) is 0 Å². The second-order valence-electron chi connectivity index (χ2n) is 7.82. The zero-order chi connectivity index (χ0) is 26.5. The molecule has 0 radical (unpaired) electrons. The van der Waals surface area contributed by atoms with E-state index < -0.39 is 4.92 Å². The fourth-order valence-electron chi connectivity index (χ4n) is 3.35. The number of nitro groups is 1. The highest BCUT2D eigenvalue weighted by Gasteiger charge is 2.30. The van der Waals surface area contributed by atoms with Gasteiger partial charge in [0.05, 0.1) is 27.1 Å². The predicted octanol–water partition coefficient (Wildman–Crippen LogP) is 7.22. The van der Waals surface area contributed by atoms with E-state index in [2.05, 4.69) is 20.9 Å². The maximum absolute atomic E-state index is 12.9. The molecule has 0 atom stereocenters. The Hall–Kier alpha value is -3.34. The molecule has 1 amide bonds. The number of amides is 1. The van der Waals surface area contributed by atoms with Crippen LogP contribution in [0.25, 0.3) is 6.08 Å². The lowest BCUT2D eigenvalue weighted by molar-refractivity contribution is -0.384. The molecule has 0 aliphatic carbocycles. The van der Waals surface area contributed by atoms with Gasteiger partial charge in [-0.1, -0.05) is 17.7 Å². The molecule has 0 spiro atoms.